The molecular weight excluding hydrogens is 866 g/mol. The van der Waals surface area contributed by atoms with Gasteiger partial charge in [-0.3, -0.25) is 4.79 Å². The summed E-state index contributed by atoms with van der Waals surface area (Å²) >= 11 is 5.16. The molecule has 4 heterocycles. The Morgan fingerprint density at radius 3 is 2.13 bits per heavy atom. The molecule has 0 radical (unpaired) electrons. The van der Waals surface area contributed by atoms with Crippen LogP contribution >= 0.6 is 11.6 Å². The number of phenolic OH excluding ortho intramolecular Hbond substituents is 1. The SMILES string of the molecule is CN1CC[C@]23c4c5ccc(O)c4O[C@H]2[C@@H](O)CCC3[C@H]1C5.COCCOCCl.COCCOCOc1ccc2c3c1O[C@H]1[C@@H](O)C=CC4[C@@H](C2)N(C)CC[C@@]341.O=CO[O-].[H-].[K+].[K+]. The number of phenols is 1. The maximum Gasteiger partial charge on any atom is 1.00 e. The Morgan fingerprint density at radius 1 is 0.852 bits per heavy atom. The zero-order chi connectivity index (χ0) is 41.9. The van der Waals surface area contributed by atoms with Crippen molar-refractivity contribution in [2.45, 2.75) is 85.9 Å². The molecule has 15 nitrogen and oxygen atoms in total. The summed E-state index contributed by atoms with van der Waals surface area (Å²) in [5.41, 5.74) is 4.91. The summed E-state index contributed by atoms with van der Waals surface area (Å²) in [6.45, 7) is 4.27. The first-order valence-corrected chi connectivity index (χ1v) is 21.0. The molecule has 10 rings (SSSR count). The Morgan fingerprint density at radius 2 is 1.46 bits per heavy atom. The van der Waals surface area contributed by atoms with Gasteiger partial charge < -0.3 is 69.8 Å². The largest absolute Gasteiger partial charge is 1.00 e. The van der Waals surface area contributed by atoms with Crippen LogP contribution in [0.15, 0.2) is 36.4 Å². The fraction of sp³-hybridized carbons (Fsp3) is 0.651. The minimum Gasteiger partial charge on any atom is -1.00 e. The second-order valence-corrected chi connectivity index (χ2v) is 16.8. The van der Waals surface area contributed by atoms with Crippen molar-refractivity contribution in [3.05, 3.63) is 58.7 Å². The van der Waals surface area contributed by atoms with E-state index >= 15 is 0 Å². The number of aliphatic hydroxyl groups excluding tert-OH is 2. The summed E-state index contributed by atoms with van der Waals surface area (Å²) in [7, 11) is 7.70. The van der Waals surface area contributed by atoms with E-state index in [1.165, 1.54) is 22.3 Å². The predicted molar refractivity (Wildman–Crippen MR) is 214 cm³/mol. The van der Waals surface area contributed by atoms with Crippen LogP contribution in [-0.2, 0) is 52.3 Å². The van der Waals surface area contributed by atoms with Crippen molar-refractivity contribution in [2.24, 2.45) is 11.8 Å². The van der Waals surface area contributed by atoms with Gasteiger partial charge in [0.25, 0.3) is 6.47 Å². The molecule has 18 heteroatoms. The van der Waals surface area contributed by atoms with E-state index in [9.17, 15) is 15.3 Å². The number of piperidine rings is 2. The number of carbonyl (C=O) groups excluding carboxylic acids is 1. The van der Waals surface area contributed by atoms with Crippen LogP contribution in [0.3, 0.4) is 0 Å². The van der Waals surface area contributed by atoms with Crippen LogP contribution in [0.2, 0.25) is 0 Å². The first-order valence-electron chi connectivity index (χ1n) is 20.5. The number of likely N-dealkylation sites (tertiary alicyclic amines) is 2. The second kappa shape index (κ2) is 23.2. The molecule has 4 bridgehead atoms. The quantitative estimate of drug-likeness (QED) is 0.0293. The van der Waals surface area contributed by atoms with Crippen LogP contribution in [0.4, 0.5) is 0 Å². The van der Waals surface area contributed by atoms with Gasteiger partial charge in [-0.15, -0.1) is 0 Å². The number of aliphatic hydroxyl groups is 2. The van der Waals surface area contributed by atoms with E-state index in [2.05, 4.69) is 51.7 Å². The number of likely N-dealkylation sites (N-methyl/N-ethyl adjacent to an activating group) is 2. The van der Waals surface area contributed by atoms with Crippen LogP contribution in [0.5, 0.6) is 23.0 Å². The molecule has 2 saturated heterocycles. The predicted octanol–water partition coefficient (Wildman–Crippen LogP) is -3.69. The molecule has 2 spiro atoms. The van der Waals surface area contributed by atoms with E-state index < -0.39 is 12.2 Å². The van der Waals surface area contributed by atoms with E-state index in [1.54, 1.807) is 20.3 Å². The molecule has 10 atom stereocenters. The van der Waals surface area contributed by atoms with Crippen molar-refractivity contribution in [3.8, 4) is 23.0 Å². The number of nitrogens with zero attached hydrogens (tertiary/aromatic N) is 2. The average Bonchev–Trinajstić information content (AvgIpc) is 3.79. The van der Waals surface area contributed by atoms with Crippen LogP contribution in [-0.4, -0.2) is 149 Å². The third kappa shape index (κ3) is 9.75. The van der Waals surface area contributed by atoms with Gasteiger partial charge in [-0.1, -0.05) is 35.9 Å². The Hall–Kier alpha value is 0.0527. The summed E-state index contributed by atoms with van der Waals surface area (Å²) in [6.07, 6.45) is 8.67. The number of hydrogen-bond acceptors (Lipinski definition) is 15. The first kappa shape index (κ1) is 52.0. The minimum absolute atomic E-state index is 0. The second-order valence-electron chi connectivity index (χ2n) is 16.6. The molecule has 3 N–H and O–H groups in total. The van der Waals surface area contributed by atoms with Gasteiger partial charge in [-0.05, 0) is 94.9 Å². The molecule has 2 aromatic carbocycles. The number of alkyl halides is 1. The summed E-state index contributed by atoms with van der Waals surface area (Å²) < 4.78 is 38.3. The van der Waals surface area contributed by atoms with Crippen LogP contribution in [0.25, 0.3) is 0 Å². The van der Waals surface area contributed by atoms with Gasteiger partial charge in [-0.2, -0.15) is 0 Å². The molecule has 8 aliphatic rings. The van der Waals surface area contributed by atoms with Crippen LogP contribution in [0.1, 0.15) is 49.4 Å². The van der Waals surface area contributed by atoms with E-state index in [0.29, 0.717) is 61.8 Å². The van der Waals surface area contributed by atoms with Crippen molar-refractivity contribution in [2.75, 3.05) is 80.7 Å². The van der Waals surface area contributed by atoms with Crippen molar-refractivity contribution in [1.82, 2.24) is 9.80 Å². The Labute approximate surface area is 449 Å². The average molecular weight is 926 g/mol. The third-order valence-corrected chi connectivity index (χ3v) is 14.1. The van der Waals surface area contributed by atoms with Crippen LogP contribution < -0.4 is 122 Å². The van der Waals surface area contributed by atoms with Gasteiger partial charge in [0.15, 0.2) is 29.8 Å². The molecule has 2 aromatic rings. The van der Waals surface area contributed by atoms with Crippen LogP contribution in [0, 0.1) is 11.8 Å². The van der Waals surface area contributed by atoms with E-state index in [0.717, 1.165) is 57.4 Å². The molecule has 1 saturated carbocycles. The van der Waals surface area contributed by atoms with E-state index in [-0.39, 0.29) is 152 Å². The smallest absolute Gasteiger partial charge is 1.00 e. The number of ether oxygens (including phenoxy) is 7. The topological polar surface area (TPSA) is 181 Å². The normalized spacial score (nSPS) is 32.1. The number of halogens is 1. The summed E-state index contributed by atoms with van der Waals surface area (Å²) in [5.74, 6) is 3.32. The van der Waals surface area contributed by atoms with Gasteiger partial charge >= 0.3 is 103 Å². The molecule has 2 unspecified atom stereocenters. The third-order valence-electron chi connectivity index (χ3n) is 14.0. The maximum atomic E-state index is 10.7. The number of rotatable bonds is 11. The Kier molecular flexibility index (Phi) is 19.8. The Bertz CT molecular complexity index is 1820. The number of aromatic hydroxyl groups is 1. The molecule has 4 aliphatic carbocycles. The van der Waals surface area contributed by atoms with Gasteiger partial charge in [0.05, 0.1) is 32.5 Å². The molecule has 0 aromatic heterocycles. The van der Waals surface area contributed by atoms with Crippen molar-refractivity contribution < 1.29 is 168 Å². The van der Waals surface area contributed by atoms with Crippen molar-refractivity contribution in [1.29, 1.82) is 0 Å². The maximum absolute atomic E-state index is 10.7. The van der Waals surface area contributed by atoms with Gasteiger partial charge in [0.1, 0.15) is 24.4 Å². The zero-order valence-corrected chi connectivity index (χ0v) is 43.3. The van der Waals surface area contributed by atoms with Gasteiger partial charge in [0, 0.05) is 54.2 Å². The molecule has 61 heavy (non-hydrogen) atoms. The summed E-state index contributed by atoms with van der Waals surface area (Å²) in [6, 6.07) is 9.22. The Balaban J connectivity index is 0.000000215. The number of benzene rings is 2. The number of hydrogen-bond donors (Lipinski definition) is 3. The van der Waals surface area contributed by atoms with Crippen molar-refractivity contribution in [3.63, 3.8) is 0 Å². The molecule has 328 valence electrons. The number of carbonyl (C=O) groups is 1. The fourth-order valence-electron chi connectivity index (χ4n) is 11.6. The summed E-state index contributed by atoms with van der Waals surface area (Å²) in [4.78, 5) is 16.2. The fourth-order valence-corrected chi connectivity index (χ4v) is 11.7. The van der Waals surface area contributed by atoms with Crippen molar-refractivity contribution >= 4 is 18.1 Å². The molecule has 4 aliphatic heterocycles. The standard InChI is InChI=1S/C21H27NO5.C17H21NO3.C4H9ClO2.CH2O3.2K.H/c1-22-8-7-21-14-4-5-16(23)20(21)27-19-17(26-12-25-10-9-24-2)6-3-13(18(19)21)11-15(14)22;1-18-7-6-17-10-3-5-13(20)16(17)21-15-12(19)4-2-9(14(15)17)8-11(10)18;1-6-2-3-7-4-5;2-1-4-3;;;/h3-6,14-16,20,23H,7-12H2,1-2H3;2,4,10-11,13,16,19-20H,3,5-8H2,1H3;2-4H2,1H3;1,3H;;;/q;;;;2*+1;-1/p-1/t14?,15-,16+,20+,21+;10?,11-,13+,16+,17+;;;;;/m11...../s1. The number of methoxy groups -OCH3 is 2. The molecule has 0 amide bonds. The zero-order valence-electron chi connectivity index (χ0n) is 37.3. The van der Waals surface area contributed by atoms with E-state index in [1.807, 2.05) is 12.1 Å². The van der Waals surface area contributed by atoms with Gasteiger partial charge in [0.2, 0.25) is 0 Å². The molecule has 3 fully saturated rings. The first-order chi connectivity index (χ1) is 28.6. The summed E-state index contributed by atoms with van der Waals surface area (Å²) in [5, 5.41) is 39.9. The van der Waals surface area contributed by atoms with Gasteiger partial charge in [-0.25, -0.2) is 0 Å². The molecular formula is C43H59ClK2N2O13. The minimum atomic E-state index is -0.588. The monoisotopic (exact) mass is 924 g/mol. The van der Waals surface area contributed by atoms with E-state index in [4.69, 9.17) is 50.1 Å².